The van der Waals surface area contributed by atoms with Crippen molar-refractivity contribution >= 4 is 23.2 Å². The summed E-state index contributed by atoms with van der Waals surface area (Å²) in [7, 11) is 2.04. The number of rotatable bonds is 5. The Morgan fingerprint density at radius 1 is 1.21 bits per heavy atom. The molecule has 3 heteroatoms. The second-order valence-electron chi connectivity index (χ2n) is 3.25. The standard InChI is InChI=1S/C11H15Cl2N/c1-14(8-7-12)11(9-13)10-5-3-2-4-6-10/h2-6,11H,7-9H2,1H3. The Morgan fingerprint density at radius 2 is 1.86 bits per heavy atom. The van der Waals surface area contributed by atoms with Crippen molar-refractivity contribution in [2.24, 2.45) is 0 Å². The Morgan fingerprint density at radius 3 is 2.36 bits per heavy atom. The molecular formula is C11H15Cl2N. The fourth-order valence-corrected chi connectivity index (χ4v) is 2.11. The minimum atomic E-state index is 0.261. The third-order valence-corrected chi connectivity index (χ3v) is 2.76. The van der Waals surface area contributed by atoms with Gasteiger partial charge in [-0.3, -0.25) is 4.90 Å². The van der Waals surface area contributed by atoms with Crippen LogP contribution in [-0.4, -0.2) is 30.3 Å². The summed E-state index contributed by atoms with van der Waals surface area (Å²) in [5.74, 6) is 1.23. The number of hydrogen-bond acceptors (Lipinski definition) is 1. The van der Waals surface area contributed by atoms with Crippen molar-refractivity contribution < 1.29 is 0 Å². The highest BCUT2D eigenvalue weighted by Gasteiger charge is 2.14. The highest BCUT2D eigenvalue weighted by molar-refractivity contribution is 6.18. The molecule has 0 radical (unpaired) electrons. The molecule has 1 aromatic rings. The zero-order valence-corrected chi connectivity index (χ0v) is 9.80. The average Bonchev–Trinajstić information content (AvgIpc) is 2.21. The molecule has 1 aromatic carbocycles. The summed E-state index contributed by atoms with van der Waals surface area (Å²) in [5.41, 5.74) is 1.25. The molecule has 0 saturated heterocycles. The van der Waals surface area contributed by atoms with Crippen molar-refractivity contribution in [1.29, 1.82) is 0 Å². The molecule has 0 aromatic heterocycles. The lowest BCUT2D eigenvalue weighted by molar-refractivity contribution is 0.280. The van der Waals surface area contributed by atoms with E-state index >= 15 is 0 Å². The first-order valence-corrected chi connectivity index (χ1v) is 5.73. The van der Waals surface area contributed by atoms with Crippen LogP contribution in [-0.2, 0) is 0 Å². The fraction of sp³-hybridized carbons (Fsp3) is 0.455. The molecule has 0 saturated carbocycles. The van der Waals surface area contributed by atoms with Gasteiger partial charge in [0.05, 0.1) is 0 Å². The van der Waals surface area contributed by atoms with Crippen LogP contribution in [0.3, 0.4) is 0 Å². The lowest BCUT2D eigenvalue weighted by Gasteiger charge is -2.25. The van der Waals surface area contributed by atoms with E-state index in [0.717, 1.165) is 6.54 Å². The van der Waals surface area contributed by atoms with Crippen LogP contribution in [0.1, 0.15) is 11.6 Å². The van der Waals surface area contributed by atoms with Gasteiger partial charge in [-0.2, -0.15) is 0 Å². The lowest BCUT2D eigenvalue weighted by Crippen LogP contribution is -2.27. The molecule has 1 rings (SSSR count). The molecule has 1 atom stereocenters. The molecule has 0 aliphatic heterocycles. The molecule has 14 heavy (non-hydrogen) atoms. The van der Waals surface area contributed by atoms with Gasteiger partial charge in [-0.25, -0.2) is 0 Å². The molecular weight excluding hydrogens is 217 g/mol. The van der Waals surface area contributed by atoms with Gasteiger partial charge in [-0.1, -0.05) is 30.3 Å². The monoisotopic (exact) mass is 231 g/mol. The van der Waals surface area contributed by atoms with Crippen LogP contribution in [0.2, 0.25) is 0 Å². The van der Waals surface area contributed by atoms with E-state index in [0.29, 0.717) is 11.8 Å². The summed E-state index contributed by atoms with van der Waals surface area (Å²) in [6, 6.07) is 10.5. The second-order valence-corrected chi connectivity index (χ2v) is 3.94. The Hall–Kier alpha value is -0.240. The molecule has 0 heterocycles. The molecule has 0 amide bonds. The van der Waals surface area contributed by atoms with E-state index in [-0.39, 0.29) is 6.04 Å². The Labute approximate surface area is 95.6 Å². The molecule has 0 fully saturated rings. The van der Waals surface area contributed by atoms with E-state index in [4.69, 9.17) is 23.2 Å². The number of hydrogen-bond donors (Lipinski definition) is 0. The zero-order valence-electron chi connectivity index (χ0n) is 8.29. The summed E-state index contributed by atoms with van der Waals surface area (Å²) in [4.78, 5) is 2.18. The SMILES string of the molecule is CN(CCCl)C(CCl)c1ccccc1. The summed E-state index contributed by atoms with van der Waals surface area (Å²) >= 11 is 11.6. The maximum atomic E-state index is 5.95. The minimum absolute atomic E-state index is 0.261. The first-order chi connectivity index (χ1) is 6.79. The van der Waals surface area contributed by atoms with Crippen molar-refractivity contribution in [1.82, 2.24) is 4.90 Å². The molecule has 0 bridgehead atoms. The van der Waals surface area contributed by atoms with E-state index in [1.165, 1.54) is 5.56 Å². The van der Waals surface area contributed by atoms with Gasteiger partial charge >= 0.3 is 0 Å². The maximum absolute atomic E-state index is 5.95. The predicted molar refractivity (Wildman–Crippen MR) is 63.3 cm³/mol. The zero-order chi connectivity index (χ0) is 10.4. The Kier molecular flexibility index (Phi) is 5.31. The van der Waals surface area contributed by atoms with Crippen molar-refractivity contribution in [3.63, 3.8) is 0 Å². The van der Waals surface area contributed by atoms with Gasteiger partial charge in [0.2, 0.25) is 0 Å². The molecule has 78 valence electrons. The summed E-state index contributed by atoms with van der Waals surface area (Å²) in [6.07, 6.45) is 0. The average molecular weight is 232 g/mol. The van der Waals surface area contributed by atoms with Crippen LogP contribution in [0.15, 0.2) is 30.3 Å². The van der Waals surface area contributed by atoms with Gasteiger partial charge in [-0.15, -0.1) is 23.2 Å². The second kappa shape index (κ2) is 6.28. The van der Waals surface area contributed by atoms with Crippen molar-refractivity contribution in [2.75, 3.05) is 25.4 Å². The molecule has 0 spiro atoms. The van der Waals surface area contributed by atoms with Gasteiger partial charge in [0.25, 0.3) is 0 Å². The van der Waals surface area contributed by atoms with E-state index in [1.807, 2.05) is 25.2 Å². The van der Waals surface area contributed by atoms with Crippen LogP contribution in [0.25, 0.3) is 0 Å². The predicted octanol–water partition coefficient (Wildman–Crippen LogP) is 3.14. The van der Waals surface area contributed by atoms with Crippen LogP contribution in [0.4, 0.5) is 0 Å². The summed E-state index contributed by atoms with van der Waals surface area (Å²) < 4.78 is 0. The van der Waals surface area contributed by atoms with Gasteiger partial charge < -0.3 is 0 Å². The van der Waals surface area contributed by atoms with E-state index < -0.39 is 0 Å². The largest absolute Gasteiger partial charge is 0.297 e. The van der Waals surface area contributed by atoms with E-state index in [2.05, 4.69) is 17.0 Å². The van der Waals surface area contributed by atoms with Crippen LogP contribution in [0.5, 0.6) is 0 Å². The third kappa shape index (κ3) is 3.16. The Balaban J connectivity index is 2.71. The molecule has 0 aliphatic rings. The van der Waals surface area contributed by atoms with Crippen LogP contribution >= 0.6 is 23.2 Å². The third-order valence-electron chi connectivity index (χ3n) is 2.30. The number of nitrogens with zero attached hydrogens (tertiary/aromatic N) is 1. The van der Waals surface area contributed by atoms with Crippen molar-refractivity contribution in [3.05, 3.63) is 35.9 Å². The van der Waals surface area contributed by atoms with E-state index in [1.54, 1.807) is 0 Å². The summed E-state index contributed by atoms with van der Waals surface area (Å²) in [6.45, 7) is 0.855. The normalized spacial score (nSPS) is 13.1. The first-order valence-electron chi connectivity index (χ1n) is 4.66. The number of alkyl halides is 2. The van der Waals surface area contributed by atoms with Crippen molar-refractivity contribution in [3.8, 4) is 0 Å². The first kappa shape index (κ1) is 11.8. The number of halogens is 2. The smallest absolute Gasteiger partial charge is 0.0480 e. The molecule has 0 N–H and O–H groups in total. The fourth-order valence-electron chi connectivity index (χ4n) is 1.43. The van der Waals surface area contributed by atoms with Gasteiger partial charge in [0, 0.05) is 24.3 Å². The maximum Gasteiger partial charge on any atom is 0.0480 e. The molecule has 1 unspecified atom stereocenters. The van der Waals surface area contributed by atoms with Crippen LogP contribution in [0, 0.1) is 0 Å². The Bertz CT molecular complexity index is 251. The van der Waals surface area contributed by atoms with Gasteiger partial charge in [0.15, 0.2) is 0 Å². The highest BCUT2D eigenvalue weighted by atomic mass is 35.5. The minimum Gasteiger partial charge on any atom is -0.297 e. The van der Waals surface area contributed by atoms with E-state index in [9.17, 15) is 0 Å². The van der Waals surface area contributed by atoms with Gasteiger partial charge in [-0.05, 0) is 12.6 Å². The topological polar surface area (TPSA) is 3.24 Å². The number of benzene rings is 1. The quantitative estimate of drug-likeness (QED) is 0.705. The van der Waals surface area contributed by atoms with Crippen LogP contribution < -0.4 is 0 Å². The van der Waals surface area contributed by atoms with Gasteiger partial charge in [0.1, 0.15) is 0 Å². The molecule has 1 nitrogen and oxygen atoms in total. The highest BCUT2D eigenvalue weighted by Crippen LogP contribution is 2.20. The molecule has 0 aliphatic carbocycles. The van der Waals surface area contributed by atoms with Crippen molar-refractivity contribution in [2.45, 2.75) is 6.04 Å². The summed E-state index contributed by atoms with van der Waals surface area (Å²) in [5, 5.41) is 0. The lowest BCUT2D eigenvalue weighted by atomic mass is 10.1.